The summed E-state index contributed by atoms with van der Waals surface area (Å²) < 4.78 is 24.0. The Hall–Kier alpha value is -0.520. The summed E-state index contributed by atoms with van der Waals surface area (Å²) in [7, 11) is -3.05. The van der Waals surface area contributed by atoms with Crippen LogP contribution >= 0.6 is 11.8 Å². The third-order valence-corrected chi connectivity index (χ3v) is 6.65. The lowest BCUT2D eigenvalue weighted by atomic mass is 10.0. The van der Waals surface area contributed by atoms with Gasteiger partial charge >= 0.3 is 0 Å². The van der Waals surface area contributed by atoms with Gasteiger partial charge in [-0.15, -0.1) is 0 Å². The SMILES string of the molecule is O=S1(=O)CCC(NC2CCSC2)c2ccccc21. The zero-order valence-electron chi connectivity index (χ0n) is 10.1. The first-order valence-electron chi connectivity index (χ1n) is 6.32. The molecule has 2 atom stereocenters. The molecule has 3 nitrogen and oxygen atoms in total. The van der Waals surface area contributed by atoms with Crippen LogP contribution < -0.4 is 5.32 Å². The van der Waals surface area contributed by atoms with E-state index in [2.05, 4.69) is 5.32 Å². The highest BCUT2D eigenvalue weighted by atomic mass is 32.2. The molecule has 0 spiro atoms. The molecule has 2 unspecified atom stereocenters. The van der Waals surface area contributed by atoms with Crippen molar-refractivity contribution in [2.24, 2.45) is 0 Å². The van der Waals surface area contributed by atoms with Gasteiger partial charge in [0.05, 0.1) is 10.6 Å². The fourth-order valence-electron chi connectivity index (χ4n) is 2.71. The Kier molecular flexibility index (Phi) is 3.38. The summed E-state index contributed by atoms with van der Waals surface area (Å²) in [5.74, 6) is 2.62. The van der Waals surface area contributed by atoms with Crippen LogP contribution in [-0.2, 0) is 9.84 Å². The Morgan fingerprint density at radius 3 is 2.83 bits per heavy atom. The lowest BCUT2D eigenvalue weighted by molar-refractivity contribution is 0.437. The van der Waals surface area contributed by atoms with Crippen molar-refractivity contribution in [3.8, 4) is 0 Å². The molecule has 18 heavy (non-hydrogen) atoms. The maximum absolute atomic E-state index is 12.0. The zero-order valence-corrected chi connectivity index (χ0v) is 11.8. The molecule has 1 aromatic carbocycles. The first-order chi connectivity index (χ1) is 8.67. The van der Waals surface area contributed by atoms with Crippen molar-refractivity contribution in [1.82, 2.24) is 5.32 Å². The average Bonchev–Trinajstić information content (AvgIpc) is 2.86. The van der Waals surface area contributed by atoms with Crippen LogP contribution in [0.5, 0.6) is 0 Å². The van der Waals surface area contributed by atoms with E-state index in [-0.39, 0.29) is 11.8 Å². The maximum Gasteiger partial charge on any atom is 0.178 e. The van der Waals surface area contributed by atoms with E-state index in [0.717, 1.165) is 11.3 Å². The molecule has 1 saturated heterocycles. The molecule has 0 bridgehead atoms. The normalized spacial score (nSPS) is 30.0. The fourth-order valence-corrected chi connectivity index (χ4v) is 5.50. The van der Waals surface area contributed by atoms with Gasteiger partial charge in [-0.2, -0.15) is 11.8 Å². The predicted octanol–water partition coefficient (Wildman–Crippen LogP) is 2.00. The molecule has 1 fully saturated rings. The van der Waals surface area contributed by atoms with Crippen LogP contribution in [0.1, 0.15) is 24.4 Å². The number of thioether (sulfide) groups is 1. The summed E-state index contributed by atoms with van der Waals surface area (Å²) in [5, 5.41) is 3.63. The molecule has 0 aliphatic carbocycles. The standard InChI is InChI=1S/C13H17NO2S2/c15-18(16)8-6-12(14-10-5-7-17-9-10)11-3-1-2-4-13(11)18/h1-4,10,12,14H,5-9H2. The number of rotatable bonds is 2. The van der Waals surface area contributed by atoms with Crippen molar-refractivity contribution in [2.45, 2.75) is 29.8 Å². The number of sulfone groups is 1. The highest BCUT2D eigenvalue weighted by Crippen LogP contribution is 2.33. The van der Waals surface area contributed by atoms with Crippen LogP contribution in [-0.4, -0.2) is 31.7 Å². The van der Waals surface area contributed by atoms with Gasteiger partial charge in [0, 0.05) is 17.8 Å². The predicted molar refractivity (Wildman–Crippen MR) is 74.7 cm³/mol. The second kappa shape index (κ2) is 4.87. The number of benzene rings is 1. The Bertz CT molecular complexity index is 536. The molecule has 98 valence electrons. The number of hydrogen-bond acceptors (Lipinski definition) is 4. The van der Waals surface area contributed by atoms with Crippen molar-refractivity contribution in [1.29, 1.82) is 0 Å². The smallest absolute Gasteiger partial charge is 0.178 e. The molecular formula is C13H17NO2S2. The van der Waals surface area contributed by atoms with E-state index in [1.54, 1.807) is 6.07 Å². The van der Waals surface area contributed by atoms with Gasteiger partial charge in [0.1, 0.15) is 0 Å². The van der Waals surface area contributed by atoms with Crippen molar-refractivity contribution in [2.75, 3.05) is 17.3 Å². The summed E-state index contributed by atoms with van der Waals surface area (Å²) in [5.41, 5.74) is 0.959. The van der Waals surface area contributed by atoms with Gasteiger partial charge in [0.2, 0.25) is 0 Å². The Morgan fingerprint density at radius 2 is 2.06 bits per heavy atom. The van der Waals surface area contributed by atoms with Crippen molar-refractivity contribution in [3.05, 3.63) is 29.8 Å². The Morgan fingerprint density at radius 1 is 1.22 bits per heavy atom. The summed E-state index contributed by atoms with van der Waals surface area (Å²) in [6.07, 6.45) is 1.89. The topological polar surface area (TPSA) is 46.2 Å². The van der Waals surface area contributed by atoms with Crippen molar-refractivity contribution < 1.29 is 8.42 Å². The molecule has 0 aromatic heterocycles. The molecule has 2 aliphatic heterocycles. The van der Waals surface area contributed by atoms with Crippen molar-refractivity contribution >= 4 is 21.6 Å². The molecule has 0 radical (unpaired) electrons. The third-order valence-electron chi connectivity index (χ3n) is 3.67. The first kappa shape index (κ1) is 12.5. The number of fused-ring (bicyclic) bond motifs is 1. The van der Waals surface area contributed by atoms with E-state index in [9.17, 15) is 8.42 Å². The van der Waals surface area contributed by atoms with Gasteiger partial charge in [-0.1, -0.05) is 18.2 Å². The summed E-state index contributed by atoms with van der Waals surface area (Å²) in [6, 6.07) is 8.16. The quantitative estimate of drug-likeness (QED) is 0.902. The minimum atomic E-state index is -3.05. The van der Waals surface area contributed by atoms with E-state index in [0.29, 0.717) is 17.4 Å². The minimum Gasteiger partial charge on any atom is -0.306 e. The molecule has 2 aliphatic rings. The van der Waals surface area contributed by atoms with Gasteiger partial charge in [-0.25, -0.2) is 8.42 Å². The number of nitrogens with one attached hydrogen (secondary N) is 1. The first-order valence-corrected chi connectivity index (χ1v) is 9.13. The average molecular weight is 283 g/mol. The second-order valence-corrected chi connectivity index (χ2v) is 8.15. The highest BCUT2D eigenvalue weighted by Gasteiger charge is 2.31. The molecule has 0 amide bonds. The van der Waals surface area contributed by atoms with E-state index in [1.165, 1.54) is 12.2 Å². The van der Waals surface area contributed by atoms with Gasteiger partial charge < -0.3 is 5.32 Å². The lowest BCUT2D eigenvalue weighted by Gasteiger charge is -2.28. The Balaban J connectivity index is 1.89. The van der Waals surface area contributed by atoms with Crippen molar-refractivity contribution in [3.63, 3.8) is 0 Å². The molecule has 1 aromatic rings. The van der Waals surface area contributed by atoms with Crippen LogP contribution in [0.3, 0.4) is 0 Å². The zero-order chi connectivity index (χ0) is 12.6. The molecule has 1 N–H and O–H groups in total. The minimum absolute atomic E-state index is 0.202. The largest absolute Gasteiger partial charge is 0.306 e. The second-order valence-electron chi connectivity index (χ2n) is 4.93. The van der Waals surface area contributed by atoms with E-state index in [1.807, 2.05) is 30.0 Å². The highest BCUT2D eigenvalue weighted by molar-refractivity contribution is 7.99. The van der Waals surface area contributed by atoms with E-state index < -0.39 is 9.84 Å². The summed E-state index contributed by atoms with van der Waals surface area (Å²) in [6.45, 7) is 0. The van der Waals surface area contributed by atoms with Crippen LogP contribution in [0.2, 0.25) is 0 Å². The third kappa shape index (κ3) is 2.31. The van der Waals surface area contributed by atoms with Crippen LogP contribution in [0.15, 0.2) is 29.2 Å². The van der Waals surface area contributed by atoms with Gasteiger partial charge in [0.15, 0.2) is 9.84 Å². The van der Waals surface area contributed by atoms with E-state index in [4.69, 9.17) is 0 Å². The molecular weight excluding hydrogens is 266 g/mol. The fraction of sp³-hybridized carbons (Fsp3) is 0.538. The van der Waals surface area contributed by atoms with E-state index >= 15 is 0 Å². The molecule has 5 heteroatoms. The monoisotopic (exact) mass is 283 g/mol. The van der Waals surface area contributed by atoms with Gasteiger partial charge in [0.25, 0.3) is 0 Å². The van der Waals surface area contributed by atoms with Crippen LogP contribution in [0.25, 0.3) is 0 Å². The number of hydrogen-bond donors (Lipinski definition) is 1. The summed E-state index contributed by atoms with van der Waals surface area (Å²) in [4.78, 5) is 0.527. The molecule has 0 saturated carbocycles. The Labute approximate surface area is 112 Å². The maximum atomic E-state index is 12.0. The molecule has 2 heterocycles. The van der Waals surface area contributed by atoms with Gasteiger partial charge in [-0.05, 0) is 30.2 Å². The summed E-state index contributed by atoms with van der Waals surface area (Å²) >= 11 is 1.97. The van der Waals surface area contributed by atoms with Gasteiger partial charge in [-0.3, -0.25) is 0 Å². The van der Waals surface area contributed by atoms with Crippen LogP contribution in [0, 0.1) is 0 Å². The lowest BCUT2D eigenvalue weighted by Crippen LogP contribution is -2.36. The van der Waals surface area contributed by atoms with Crippen LogP contribution in [0.4, 0.5) is 0 Å². The molecule has 3 rings (SSSR count).